The van der Waals surface area contributed by atoms with E-state index < -0.39 is 0 Å². The number of piperidine rings is 1. The average Bonchev–Trinajstić information content (AvgIpc) is 2.87. The predicted octanol–water partition coefficient (Wildman–Crippen LogP) is 6.13. The molecular weight excluding hydrogens is 420 g/mol. The molecular formula is C30H30N2O2. The van der Waals surface area contributed by atoms with Crippen LogP contribution in [-0.2, 0) is 16.1 Å². The lowest BCUT2D eigenvalue weighted by Gasteiger charge is -2.33. The maximum absolute atomic E-state index is 11.5. The van der Waals surface area contributed by atoms with Crippen LogP contribution in [0.5, 0.6) is 0 Å². The molecule has 0 spiro atoms. The van der Waals surface area contributed by atoms with E-state index >= 15 is 0 Å². The summed E-state index contributed by atoms with van der Waals surface area (Å²) in [5, 5.41) is 8.88. The van der Waals surface area contributed by atoms with E-state index in [1.54, 1.807) is 0 Å². The molecule has 0 bridgehead atoms. The van der Waals surface area contributed by atoms with E-state index in [1.807, 2.05) is 18.2 Å². The summed E-state index contributed by atoms with van der Waals surface area (Å²) in [6.45, 7) is 3.97. The van der Waals surface area contributed by atoms with E-state index in [9.17, 15) is 4.79 Å². The van der Waals surface area contributed by atoms with Crippen molar-refractivity contribution in [1.82, 2.24) is 5.32 Å². The fraction of sp³-hybridized carbons (Fsp3) is 0.233. The van der Waals surface area contributed by atoms with Crippen LogP contribution in [0.15, 0.2) is 91.0 Å². The van der Waals surface area contributed by atoms with Crippen molar-refractivity contribution in [1.29, 1.82) is 0 Å². The predicted molar refractivity (Wildman–Crippen MR) is 139 cm³/mol. The number of carbonyl (C=O) groups is 1. The highest BCUT2D eigenvalue weighted by atomic mass is 16.5. The molecule has 0 aromatic heterocycles. The number of fused-ring (bicyclic) bond motifs is 1. The fourth-order valence-corrected chi connectivity index (χ4v) is 4.85. The molecule has 34 heavy (non-hydrogen) atoms. The van der Waals surface area contributed by atoms with Gasteiger partial charge in [-0.15, -0.1) is 0 Å². The molecule has 1 amide bonds. The van der Waals surface area contributed by atoms with Crippen molar-refractivity contribution in [2.24, 2.45) is 0 Å². The van der Waals surface area contributed by atoms with Gasteiger partial charge in [-0.3, -0.25) is 4.79 Å². The van der Waals surface area contributed by atoms with Crippen LogP contribution in [0.1, 0.15) is 30.4 Å². The lowest BCUT2D eigenvalue weighted by atomic mass is 9.86. The van der Waals surface area contributed by atoms with Crippen molar-refractivity contribution in [2.45, 2.75) is 32.0 Å². The second-order valence-electron chi connectivity index (χ2n) is 9.02. The van der Waals surface area contributed by atoms with Crippen molar-refractivity contribution in [3.63, 3.8) is 0 Å². The normalized spacial score (nSPS) is 18.0. The van der Waals surface area contributed by atoms with Crippen molar-refractivity contribution >= 4 is 22.4 Å². The summed E-state index contributed by atoms with van der Waals surface area (Å²) >= 11 is 0. The second-order valence-corrected chi connectivity index (χ2v) is 9.02. The minimum atomic E-state index is -0.0630. The fourth-order valence-electron chi connectivity index (χ4n) is 4.85. The topological polar surface area (TPSA) is 50.4 Å². The highest BCUT2D eigenvalue weighted by Crippen LogP contribution is 2.32. The Morgan fingerprint density at radius 2 is 1.71 bits per heavy atom. The summed E-state index contributed by atoms with van der Waals surface area (Å²) in [6, 6.07) is 31.7. The Morgan fingerprint density at radius 1 is 0.912 bits per heavy atom. The summed E-state index contributed by atoms with van der Waals surface area (Å²) in [4.78, 5) is 11.5. The van der Waals surface area contributed by atoms with Gasteiger partial charge in [0.1, 0.15) is 0 Å². The molecule has 1 aliphatic rings. The van der Waals surface area contributed by atoms with Crippen LogP contribution in [-0.4, -0.2) is 25.1 Å². The van der Waals surface area contributed by atoms with Gasteiger partial charge in [0.2, 0.25) is 5.91 Å². The first kappa shape index (κ1) is 22.3. The average molecular weight is 451 g/mol. The zero-order chi connectivity index (χ0) is 23.3. The number of hydrogen-bond donors (Lipinski definition) is 2. The van der Waals surface area contributed by atoms with Gasteiger partial charge in [0.15, 0.2) is 0 Å². The monoisotopic (exact) mass is 450 g/mol. The van der Waals surface area contributed by atoms with Crippen molar-refractivity contribution in [2.75, 3.05) is 18.4 Å². The molecule has 2 atom stereocenters. The molecule has 2 N–H and O–H groups in total. The van der Waals surface area contributed by atoms with E-state index in [1.165, 1.54) is 28.8 Å². The minimum Gasteiger partial charge on any atom is -0.372 e. The van der Waals surface area contributed by atoms with Crippen LogP contribution in [0, 0.1) is 0 Å². The van der Waals surface area contributed by atoms with E-state index in [0.29, 0.717) is 12.5 Å². The first-order chi connectivity index (χ1) is 16.7. The summed E-state index contributed by atoms with van der Waals surface area (Å²) in [6.07, 6.45) is 1.15. The Balaban J connectivity index is 1.34. The largest absolute Gasteiger partial charge is 0.372 e. The van der Waals surface area contributed by atoms with E-state index in [4.69, 9.17) is 4.74 Å². The second kappa shape index (κ2) is 10.2. The molecule has 0 aliphatic carbocycles. The molecule has 172 valence electrons. The van der Waals surface area contributed by atoms with E-state index in [2.05, 4.69) is 83.4 Å². The zero-order valence-corrected chi connectivity index (χ0v) is 19.5. The number of hydrogen-bond acceptors (Lipinski definition) is 3. The Kier molecular flexibility index (Phi) is 6.70. The van der Waals surface area contributed by atoms with Gasteiger partial charge in [-0.2, -0.15) is 0 Å². The number of anilines is 1. The summed E-state index contributed by atoms with van der Waals surface area (Å²) in [7, 11) is 0. The number of rotatable bonds is 6. The van der Waals surface area contributed by atoms with Crippen LogP contribution >= 0.6 is 0 Å². The smallest absolute Gasteiger partial charge is 0.221 e. The molecule has 5 rings (SSSR count). The van der Waals surface area contributed by atoms with Gasteiger partial charge in [-0.25, -0.2) is 0 Å². The first-order valence-corrected chi connectivity index (χ1v) is 11.9. The lowest BCUT2D eigenvalue weighted by molar-refractivity contribution is -0.114. The molecule has 1 fully saturated rings. The Hall–Kier alpha value is -3.47. The Bertz CT molecular complexity index is 1300. The Labute approximate surface area is 201 Å². The molecule has 0 radical (unpaired) electrons. The van der Waals surface area contributed by atoms with Gasteiger partial charge in [0.05, 0.1) is 12.7 Å². The molecule has 4 aromatic rings. The summed E-state index contributed by atoms with van der Waals surface area (Å²) < 4.78 is 6.48. The number of nitrogens with one attached hydrogen (secondary N) is 2. The molecule has 0 unspecified atom stereocenters. The number of carbonyl (C=O) groups excluding carboxylic acids is 1. The first-order valence-electron chi connectivity index (χ1n) is 11.9. The minimum absolute atomic E-state index is 0.0630. The maximum atomic E-state index is 11.5. The maximum Gasteiger partial charge on any atom is 0.221 e. The van der Waals surface area contributed by atoms with Gasteiger partial charge in [0, 0.05) is 25.1 Å². The van der Waals surface area contributed by atoms with Crippen LogP contribution in [0.2, 0.25) is 0 Å². The molecule has 4 nitrogen and oxygen atoms in total. The van der Waals surface area contributed by atoms with Crippen molar-refractivity contribution in [3.05, 3.63) is 102 Å². The highest BCUT2D eigenvalue weighted by molar-refractivity contribution is 5.89. The summed E-state index contributed by atoms with van der Waals surface area (Å²) in [5.41, 5.74) is 5.56. The van der Waals surface area contributed by atoms with Gasteiger partial charge < -0.3 is 15.4 Å². The molecule has 4 heteroatoms. The number of amides is 1. The molecule has 1 saturated heterocycles. The van der Waals surface area contributed by atoms with Crippen molar-refractivity contribution < 1.29 is 9.53 Å². The standard InChI is InChI=1S/C30H30N2O2/c1-21(33)32-28-11-5-9-26(18-28)25-8-4-10-27(17-25)29-14-15-31-19-30(29)34-20-22-12-13-23-6-2-3-7-24(23)16-22/h2-13,16-18,29-31H,14-15,19-20H2,1H3,(H,32,33)/t29-,30+/m1/s1. The van der Waals surface area contributed by atoms with Gasteiger partial charge in [0.25, 0.3) is 0 Å². The quantitative estimate of drug-likeness (QED) is 0.372. The number of benzene rings is 4. The van der Waals surface area contributed by atoms with Crippen LogP contribution in [0.3, 0.4) is 0 Å². The Morgan fingerprint density at radius 3 is 2.56 bits per heavy atom. The van der Waals surface area contributed by atoms with Gasteiger partial charge in [-0.05, 0) is 64.2 Å². The van der Waals surface area contributed by atoms with Crippen LogP contribution in [0.25, 0.3) is 21.9 Å². The molecule has 1 aliphatic heterocycles. The third-order valence-electron chi connectivity index (χ3n) is 6.54. The van der Waals surface area contributed by atoms with E-state index in [0.717, 1.165) is 36.3 Å². The van der Waals surface area contributed by atoms with Crippen LogP contribution < -0.4 is 10.6 Å². The molecule has 1 heterocycles. The third kappa shape index (κ3) is 5.19. The van der Waals surface area contributed by atoms with Gasteiger partial charge >= 0.3 is 0 Å². The molecule has 0 saturated carbocycles. The molecule has 4 aromatic carbocycles. The van der Waals surface area contributed by atoms with E-state index in [-0.39, 0.29) is 12.0 Å². The number of ether oxygens (including phenoxy) is 1. The highest BCUT2D eigenvalue weighted by Gasteiger charge is 2.27. The van der Waals surface area contributed by atoms with Crippen LogP contribution in [0.4, 0.5) is 5.69 Å². The summed E-state index contributed by atoms with van der Waals surface area (Å²) in [5.74, 6) is 0.271. The lowest BCUT2D eigenvalue weighted by Crippen LogP contribution is -2.41. The third-order valence-corrected chi connectivity index (χ3v) is 6.54. The SMILES string of the molecule is CC(=O)Nc1cccc(-c2cccc([C@H]3CCNC[C@@H]3OCc3ccc4ccccc4c3)c2)c1. The van der Waals surface area contributed by atoms with Crippen molar-refractivity contribution in [3.8, 4) is 11.1 Å². The van der Waals surface area contributed by atoms with Gasteiger partial charge in [-0.1, -0.05) is 72.8 Å². The zero-order valence-electron chi connectivity index (χ0n) is 19.5.